The number of rotatable bonds is 9. The number of nitrogens with one attached hydrogen (secondary N) is 1. The van der Waals surface area contributed by atoms with Crippen LogP contribution in [0.2, 0.25) is 0 Å². The maximum Gasteiger partial charge on any atom is 0.212 e. The number of sulfonamides is 1. The average Bonchev–Trinajstić information content (AvgIpc) is 2.16. The Morgan fingerprint density at radius 3 is 2.50 bits per heavy atom. The van der Waals surface area contributed by atoms with Gasteiger partial charge in [0.1, 0.15) is 0 Å². The molecular formula is C10H22ClNO2S2. The maximum absolute atomic E-state index is 11.7. The average molecular weight is 288 g/mol. The molecule has 0 amide bonds. The molecule has 0 aromatic rings. The minimum atomic E-state index is -3.17. The maximum atomic E-state index is 11.7. The highest BCUT2D eigenvalue weighted by Gasteiger charge is 2.17. The van der Waals surface area contributed by atoms with E-state index >= 15 is 0 Å². The first kappa shape index (κ1) is 16.6. The van der Waals surface area contributed by atoms with E-state index in [2.05, 4.69) is 11.6 Å². The summed E-state index contributed by atoms with van der Waals surface area (Å²) in [7, 11) is -3.17. The lowest BCUT2D eigenvalue weighted by molar-refractivity contribution is 0.546. The van der Waals surface area contributed by atoms with Crippen molar-refractivity contribution < 1.29 is 8.42 Å². The molecule has 0 rings (SSSR count). The van der Waals surface area contributed by atoms with Crippen molar-refractivity contribution in [2.45, 2.75) is 33.2 Å². The highest BCUT2D eigenvalue weighted by atomic mass is 35.5. The van der Waals surface area contributed by atoms with E-state index in [9.17, 15) is 8.42 Å². The van der Waals surface area contributed by atoms with Crippen LogP contribution in [0.3, 0.4) is 0 Å². The molecule has 16 heavy (non-hydrogen) atoms. The van der Waals surface area contributed by atoms with Crippen LogP contribution in [0, 0.1) is 5.92 Å². The Bertz CT molecular complexity index is 270. The summed E-state index contributed by atoms with van der Waals surface area (Å²) < 4.78 is 26.0. The van der Waals surface area contributed by atoms with Crippen molar-refractivity contribution in [3.05, 3.63) is 0 Å². The van der Waals surface area contributed by atoms with Crippen LogP contribution in [-0.4, -0.2) is 37.6 Å². The zero-order valence-corrected chi connectivity index (χ0v) is 12.6. The SMILES string of the molecule is CCSCCC(C)NS(=O)(=O)CC(C)CCl. The Kier molecular flexibility index (Phi) is 8.91. The third-order valence-corrected chi connectivity index (χ3v) is 5.28. The van der Waals surface area contributed by atoms with Crippen molar-refractivity contribution in [1.29, 1.82) is 0 Å². The zero-order valence-electron chi connectivity index (χ0n) is 10.2. The Hall–Kier alpha value is 0.550. The van der Waals surface area contributed by atoms with E-state index in [4.69, 9.17) is 11.6 Å². The van der Waals surface area contributed by atoms with E-state index in [1.807, 2.05) is 25.6 Å². The first-order chi connectivity index (χ1) is 7.41. The lowest BCUT2D eigenvalue weighted by Gasteiger charge is -2.15. The van der Waals surface area contributed by atoms with Crippen LogP contribution in [-0.2, 0) is 10.0 Å². The van der Waals surface area contributed by atoms with Gasteiger partial charge >= 0.3 is 0 Å². The minimum absolute atomic E-state index is 0.00335. The molecule has 0 saturated carbocycles. The second kappa shape index (κ2) is 8.61. The van der Waals surface area contributed by atoms with Gasteiger partial charge < -0.3 is 0 Å². The summed E-state index contributed by atoms with van der Waals surface area (Å²) in [6.07, 6.45) is 0.868. The molecule has 0 saturated heterocycles. The molecule has 0 heterocycles. The Morgan fingerprint density at radius 1 is 1.38 bits per heavy atom. The number of halogens is 1. The molecule has 98 valence electrons. The van der Waals surface area contributed by atoms with Gasteiger partial charge in [0.25, 0.3) is 0 Å². The molecule has 0 fully saturated rings. The predicted octanol–water partition coefficient (Wildman–Crippen LogP) is 2.31. The van der Waals surface area contributed by atoms with Crippen LogP contribution in [0.1, 0.15) is 27.2 Å². The van der Waals surface area contributed by atoms with Gasteiger partial charge in [0.15, 0.2) is 0 Å². The molecule has 0 radical (unpaired) electrons. The van der Waals surface area contributed by atoms with Crippen molar-refractivity contribution in [2.24, 2.45) is 5.92 Å². The standard InChI is InChI=1S/C10H22ClNO2S2/c1-4-15-6-5-10(3)12-16(13,14)8-9(2)7-11/h9-10,12H,4-8H2,1-3H3. The molecule has 0 bridgehead atoms. The number of alkyl halides is 1. The molecule has 6 heteroatoms. The lowest BCUT2D eigenvalue weighted by atomic mass is 10.3. The number of thioether (sulfide) groups is 1. The number of hydrogen-bond donors (Lipinski definition) is 1. The normalized spacial score (nSPS) is 16.0. The van der Waals surface area contributed by atoms with Crippen molar-refractivity contribution in [2.75, 3.05) is 23.1 Å². The van der Waals surface area contributed by atoms with E-state index in [0.717, 1.165) is 17.9 Å². The first-order valence-corrected chi connectivity index (χ1v) is 8.89. The van der Waals surface area contributed by atoms with Crippen LogP contribution in [0.25, 0.3) is 0 Å². The summed E-state index contributed by atoms with van der Waals surface area (Å²) in [6.45, 7) is 5.84. The summed E-state index contributed by atoms with van der Waals surface area (Å²) in [5.74, 6) is 2.55. The Balaban J connectivity index is 3.95. The molecule has 2 atom stereocenters. The molecule has 1 N–H and O–H groups in total. The monoisotopic (exact) mass is 287 g/mol. The zero-order chi connectivity index (χ0) is 12.6. The molecule has 3 nitrogen and oxygen atoms in total. The van der Waals surface area contributed by atoms with Gasteiger partial charge in [-0.15, -0.1) is 11.6 Å². The molecule has 0 aliphatic carbocycles. The van der Waals surface area contributed by atoms with Crippen LogP contribution in [0.5, 0.6) is 0 Å². The molecule has 0 aliphatic rings. The summed E-state index contributed by atoms with van der Waals surface area (Å²) >= 11 is 7.43. The largest absolute Gasteiger partial charge is 0.212 e. The molecule has 0 spiro atoms. The fraction of sp³-hybridized carbons (Fsp3) is 1.00. The van der Waals surface area contributed by atoms with Gasteiger partial charge in [-0.25, -0.2) is 13.1 Å². The van der Waals surface area contributed by atoms with Crippen LogP contribution >= 0.6 is 23.4 Å². The van der Waals surface area contributed by atoms with Gasteiger partial charge in [0, 0.05) is 11.9 Å². The highest BCUT2D eigenvalue weighted by molar-refractivity contribution is 7.99. The van der Waals surface area contributed by atoms with Crippen LogP contribution in [0.15, 0.2) is 0 Å². The van der Waals surface area contributed by atoms with Crippen molar-refractivity contribution in [3.8, 4) is 0 Å². The van der Waals surface area contributed by atoms with Crippen LogP contribution < -0.4 is 4.72 Å². The molecule has 2 unspecified atom stereocenters. The summed E-state index contributed by atoms with van der Waals surface area (Å²) in [6, 6.07) is 0.00609. The summed E-state index contributed by atoms with van der Waals surface area (Å²) in [4.78, 5) is 0. The molecule has 0 aliphatic heterocycles. The van der Waals surface area contributed by atoms with Gasteiger partial charge in [-0.3, -0.25) is 0 Å². The topological polar surface area (TPSA) is 46.2 Å². The smallest absolute Gasteiger partial charge is 0.212 e. The highest BCUT2D eigenvalue weighted by Crippen LogP contribution is 2.07. The fourth-order valence-corrected chi connectivity index (χ4v) is 3.98. The first-order valence-electron chi connectivity index (χ1n) is 5.55. The second-order valence-corrected chi connectivity index (χ2v) is 7.55. The lowest BCUT2D eigenvalue weighted by Crippen LogP contribution is -2.36. The number of hydrogen-bond acceptors (Lipinski definition) is 3. The Morgan fingerprint density at radius 2 is 2.00 bits per heavy atom. The van der Waals surface area contributed by atoms with E-state index in [-0.39, 0.29) is 17.7 Å². The van der Waals surface area contributed by atoms with E-state index in [0.29, 0.717) is 5.88 Å². The summed E-state index contributed by atoms with van der Waals surface area (Å²) in [5.41, 5.74) is 0. The quantitative estimate of drug-likeness (QED) is 0.523. The van der Waals surface area contributed by atoms with Gasteiger partial charge in [-0.2, -0.15) is 11.8 Å². The van der Waals surface area contributed by atoms with Gasteiger partial charge in [0.2, 0.25) is 10.0 Å². The van der Waals surface area contributed by atoms with E-state index in [1.165, 1.54) is 0 Å². The third kappa shape index (κ3) is 8.67. The predicted molar refractivity (Wildman–Crippen MR) is 73.9 cm³/mol. The van der Waals surface area contributed by atoms with E-state index in [1.54, 1.807) is 0 Å². The third-order valence-electron chi connectivity index (χ3n) is 2.05. The fourth-order valence-electron chi connectivity index (χ4n) is 1.24. The molecule has 0 aromatic heterocycles. The summed E-state index contributed by atoms with van der Waals surface area (Å²) in [5, 5.41) is 0. The van der Waals surface area contributed by atoms with E-state index < -0.39 is 10.0 Å². The van der Waals surface area contributed by atoms with Crippen molar-refractivity contribution in [3.63, 3.8) is 0 Å². The second-order valence-electron chi connectivity index (χ2n) is 4.05. The van der Waals surface area contributed by atoms with Crippen LogP contribution in [0.4, 0.5) is 0 Å². The Labute approximate surface area is 109 Å². The molecular weight excluding hydrogens is 266 g/mol. The minimum Gasteiger partial charge on any atom is -0.212 e. The van der Waals surface area contributed by atoms with Gasteiger partial charge in [-0.1, -0.05) is 13.8 Å². The van der Waals surface area contributed by atoms with Crippen molar-refractivity contribution in [1.82, 2.24) is 4.72 Å². The van der Waals surface area contributed by atoms with Gasteiger partial charge in [-0.05, 0) is 30.8 Å². The molecule has 0 aromatic carbocycles. The van der Waals surface area contributed by atoms with Crippen molar-refractivity contribution >= 4 is 33.4 Å². The van der Waals surface area contributed by atoms with Gasteiger partial charge in [0.05, 0.1) is 5.75 Å².